The van der Waals surface area contributed by atoms with E-state index in [1.54, 1.807) is 30.3 Å². The van der Waals surface area contributed by atoms with Crippen molar-refractivity contribution in [3.63, 3.8) is 0 Å². The third-order valence-electron chi connectivity index (χ3n) is 3.67. The summed E-state index contributed by atoms with van der Waals surface area (Å²) < 4.78 is 28.2. The smallest absolute Gasteiger partial charge is 0.313 e. The Hall–Kier alpha value is -1.93. The van der Waals surface area contributed by atoms with Crippen LogP contribution in [0.25, 0.3) is 0 Å². The molecule has 7 nitrogen and oxygen atoms in total. The van der Waals surface area contributed by atoms with E-state index in [2.05, 4.69) is 5.32 Å². The highest BCUT2D eigenvalue weighted by molar-refractivity contribution is 7.91. The molecule has 0 aliphatic carbocycles. The normalized spacial score (nSPS) is 19.3. The number of nitrogens with one attached hydrogen (secondary N) is 1. The molecule has 0 radical (unpaired) electrons. The van der Waals surface area contributed by atoms with E-state index >= 15 is 0 Å². The number of amides is 2. The summed E-state index contributed by atoms with van der Waals surface area (Å²) in [7, 11) is -1.67. The Morgan fingerprint density at radius 2 is 2.00 bits per heavy atom. The van der Waals surface area contributed by atoms with Crippen LogP contribution in [-0.2, 0) is 24.2 Å². The molecule has 1 aromatic rings. The minimum atomic E-state index is -3.15. The lowest BCUT2D eigenvalue weighted by atomic mass is 10.2. The van der Waals surface area contributed by atoms with Crippen LogP contribution in [0.3, 0.4) is 0 Å². The Kier molecular flexibility index (Phi) is 5.73. The monoisotopic (exact) mass is 340 g/mol. The van der Waals surface area contributed by atoms with Gasteiger partial charge in [-0.1, -0.05) is 18.2 Å². The number of carbonyl (C=O) groups is 2. The highest BCUT2D eigenvalue weighted by Crippen LogP contribution is 2.18. The Morgan fingerprint density at radius 1 is 1.30 bits per heavy atom. The molecule has 0 spiro atoms. The number of hydrogen-bond donors (Lipinski definition) is 1. The Morgan fingerprint density at radius 3 is 2.57 bits per heavy atom. The van der Waals surface area contributed by atoms with Crippen molar-refractivity contribution in [2.45, 2.75) is 12.5 Å². The van der Waals surface area contributed by atoms with Crippen LogP contribution in [0.15, 0.2) is 30.3 Å². The molecule has 2 amide bonds. The van der Waals surface area contributed by atoms with Gasteiger partial charge in [-0.05, 0) is 18.6 Å². The highest BCUT2D eigenvalue weighted by Gasteiger charge is 2.36. The topological polar surface area (TPSA) is 92.8 Å². The molecule has 8 heteroatoms. The fourth-order valence-electron chi connectivity index (χ4n) is 2.50. The molecule has 1 N–H and O–H groups in total. The summed E-state index contributed by atoms with van der Waals surface area (Å²) in [6.45, 7) is 0.415. The first kappa shape index (κ1) is 17.4. The largest absolute Gasteiger partial charge is 0.383 e. The Bertz CT molecular complexity index is 660. The van der Waals surface area contributed by atoms with Crippen molar-refractivity contribution in [2.75, 3.05) is 37.1 Å². The van der Waals surface area contributed by atoms with Gasteiger partial charge >= 0.3 is 11.8 Å². The lowest BCUT2D eigenvalue weighted by Crippen LogP contribution is -2.47. The zero-order chi connectivity index (χ0) is 16.9. The van der Waals surface area contributed by atoms with E-state index in [9.17, 15) is 18.0 Å². The first-order valence-electron chi connectivity index (χ1n) is 7.29. The van der Waals surface area contributed by atoms with Crippen LogP contribution in [0, 0.1) is 0 Å². The maximum Gasteiger partial charge on any atom is 0.313 e. The molecule has 1 fully saturated rings. The standard InChI is InChI=1S/C15H20N2O5S/c1-22-9-8-17(13-7-10-23(20,21)11-13)15(19)14(18)16-12-5-3-2-4-6-12/h2-6,13H,7-11H2,1H3,(H,16,18). The zero-order valence-corrected chi connectivity index (χ0v) is 13.7. The van der Waals surface area contributed by atoms with E-state index < -0.39 is 27.7 Å². The van der Waals surface area contributed by atoms with E-state index in [-0.39, 0.29) is 24.7 Å². The van der Waals surface area contributed by atoms with Crippen LogP contribution in [0.2, 0.25) is 0 Å². The van der Waals surface area contributed by atoms with Crippen molar-refractivity contribution in [1.29, 1.82) is 0 Å². The Labute approximate surface area is 135 Å². The summed E-state index contributed by atoms with van der Waals surface area (Å²) in [5.74, 6) is -1.60. The minimum absolute atomic E-state index is 0.0364. The van der Waals surface area contributed by atoms with Gasteiger partial charge in [-0.25, -0.2) is 8.42 Å². The first-order chi connectivity index (χ1) is 10.9. The number of rotatable bonds is 5. The summed E-state index contributed by atoms with van der Waals surface area (Å²) in [5, 5.41) is 2.52. The van der Waals surface area contributed by atoms with Crippen LogP contribution in [0.5, 0.6) is 0 Å². The molecule has 1 saturated heterocycles. The minimum Gasteiger partial charge on any atom is -0.383 e. The second-order valence-corrected chi connectivity index (χ2v) is 7.60. The molecule has 23 heavy (non-hydrogen) atoms. The molecule has 1 heterocycles. The Balaban J connectivity index is 2.08. The van der Waals surface area contributed by atoms with Crippen LogP contribution in [-0.4, -0.2) is 62.9 Å². The van der Waals surface area contributed by atoms with Gasteiger partial charge in [0.25, 0.3) is 0 Å². The van der Waals surface area contributed by atoms with Crippen LogP contribution in [0.4, 0.5) is 5.69 Å². The highest BCUT2D eigenvalue weighted by atomic mass is 32.2. The van der Waals surface area contributed by atoms with Gasteiger partial charge in [0.15, 0.2) is 9.84 Å². The van der Waals surface area contributed by atoms with E-state index in [1.165, 1.54) is 12.0 Å². The molecule has 1 atom stereocenters. The number of anilines is 1. The average molecular weight is 340 g/mol. The number of ether oxygens (including phenoxy) is 1. The van der Waals surface area contributed by atoms with Crippen LogP contribution >= 0.6 is 0 Å². The van der Waals surface area contributed by atoms with E-state index in [4.69, 9.17) is 4.74 Å². The molecule has 126 valence electrons. The SMILES string of the molecule is COCCN(C(=O)C(=O)Nc1ccccc1)C1CCS(=O)(=O)C1. The van der Waals surface area contributed by atoms with E-state index in [0.717, 1.165) is 0 Å². The lowest BCUT2D eigenvalue weighted by Gasteiger charge is -2.27. The molecule has 1 aliphatic rings. The fourth-order valence-corrected chi connectivity index (χ4v) is 4.23. The van der Waals surface area contributed by atoms with Crippen molar-refractivity contribution in [3.8, 4) is 0 Å². The zero-order valence-electron chi connectivity index (χ0n) is 12.9. The molecule has 1 aromatic carbocycles. The van der Waals surface area contributed by atoms with Crippen molar-refractivity contribution in [2.24, 2.45) is 0 Å². The molecular weight excluding hydrogens is 320 g/mol. The number of nitrogens with zero attached hydrogens (tertiary/aromatic N) is 1. The van der Waals surface area contributed by atoms with Crippen molar-refractivity contribution < 1.29 is 22.7 Å². The quantitative estimate of drug-likeness (QED) is 0.778. The first-order valence-corrected chi connectivity index (χ1v) is 9.11. The van der Waals surface area contributed by atoms with Crippen molar-refractivity contribution >= 4 is 27.3 Å². The summed E-state index contributed by atoms with van der Waals surface area (Å²) >= 11 is 0. The molecular formula is C15H20N2O5S. The number of sulfone groups is 1. The van der Waals surface area contributed by atoms with Crippen molar-refractivity contribution in [1.82, 2.24) is 4.90 Å². The van der Waals surface area contributed by atoms with Gasteiger partial charge in [0.05, 0.1) is 18.1 Å². The van der Waals surface area contributed by atoms with Gasteiger partial charge in [-0.2, -0.15) is 0 Å². The second-order valence-electron chi connectivity index (χ2n) is 5.37. The second kappa shape index (κ2) is 7.56. The van der Waals surface area contributed by atoms with Gasteiger partial charge in [-0.3, -0.25) is 9.59 Å². The predicted molar refractivity (Wildman–Crippen MR) is 85.7 cm³/mol. The van der Waals surface area contributed by atoms with Gasteiger partial charge in [0, 0.05) is 25.4 Å². The van der Waals surface area contributed by atoms with E-state index in [1.807, 2.05) is 0 Å². The maximum absolute atomic E-state index is 12.4. The summed E-state index contributed by atoms with van der Waals surface area (Å²) in [5.41, 5.74) is 0.511. The van der Waals surface area contributed by atoms with Gasteiger partial charge in [0.2, 0.25) is 0 Å². The maximum atomic E-state index is 12.4. The summed E-state index contributed by atoms with van der Waals surface area (Å²) in [4.78, 5) is 25.9. The lowest BCUT2D eigenvalue weighted by molar-refractivity contribution is -0.144. The van der Waals surface area contributed by atoms with Gasteiger partial charge < -0.3 is 15.0 Å². The van der Waals surface area contributed by atoms with E-state index in [0.29, 0.717) is 12.1 Å². The van der Waals surface area contributed by atoms with Crippen LogP contribution < -0.4 is 5.32 Å². The number of methoxy groups -OCH3 is 1. The number of hydrogen-bond acceptors (Lipinski definition) is 5. The van der Waals surface area contributed by atoms with Gasteiger partial charge in [-0.15, -0.1) is 0 Å². The molecule has 0 aromatic heterocycles. The average Bonchev–Trinajstić information content (AvgIpc) is 2.88. The van der Waals surface area contributed by atoms with Crippen molar-refractivity contribution in [3.05, 3.63) is 30.3 Å². The fraction of sp³-hybridized carbons (Fsp3) is 0.467. The van der Waals surface area contributed by atoms with Gasteiger partial charge in [0.1, 0.15) is 0 Å². The number of benzene rings is 1. The molecule has 1 aliphatic heterocycles. The van der Waals surface area contributed by atoms with Crippen LogP contribution in [0.1, 0.15) is 6.42 Å². The predicted octanol–water partition coefficient (Wildman–Crippen LogP) is 0.287. The molecule has 0 bridgehead atoms. The third kappa shape index (κ3) is 4.77. The number of para-hydroxylation sites is 1. The summed E-state index contributed by atoms with van der Waals surface area (Å²) in [6, 6.07) is 8.14. The molecule has 0 saturated carbocycles. The summed E-state index contributed by atoms with van der Waals surface area (Å²) in [6.07, 6.45) is 0.344. The third-order valence-corrected chi connectivity index (χ3v) is 5.42. The number of carbonyl (C=O) groups excluding carboxylic acids is 2. The molecule has 2 rings (SSSR count). The molecule has 1 unspecified atom stereocenters.